The quantitative estimate of drug-likeness (QED) is 0.817. The highest BCUT2D eigenvalue weighted by molar-refractivity contribution is 7.89. The van der Waals surface area contributed by atoms with Gasteiger partial charge < -0.3 is 5.11 Å². The Labute approximate surface area is 125 Å². The molecule has 0 saturated carbocycles. The van der Waals surface area contributed by atoms with E-state index < -0.39 is 16.0 Å². The zero-order valence-corrected chi connectivity index (χ0v) is 13.9. The highest BCUT2D eigenvalue weighted by Crippen LogP contribution is 2.23. The van der Waals surface area contributed by atoms with Crippen molar-refractivity contribution in [1.29, 1.82) is 0 Å². The Morgan fingerprint density at radius 2 is 2.00 bits per heavy atom. The zero-order chi connectivity index (χ0) is 16.4. The van der Waals surface area contributed by atoms with Gasteiger partial charge in [-0.2, -0.15) is 5.10 Å². The standard InChI is InChI=1S/C13H23N3O4S/c1-6-9(2)7-15(5)21(19,20)13-10(3)14-16(11(13)4)8-12(17)18/h9H,6-8H2,1-5H3,(H,17,18). The number of carbonyl (C=O) groups is 1. The molecule has 0 bridgehead atoms. The molecule has 0 saturated heterocycles. The predicted octanol–water partition coefficient (Wildman–Crippen LogP) is 1.25. The molecule has 0 aromatic carbocycles. The van der Waals surface area contributed by atoms with Crippen molar-refractivity contribution in [2.75, 3.05) is 13.6 Å². The van der Waals surface area contributed by atoms with E-state index in [1.807, 2.05) is 13.8 Å². The average Bonchev–Trinajstić information content (AvgIpc) is 2.63. The van der Waals surface area contributed by atoms with Crippen LogP contribution in [0.5, 0.6) is 0 Å². The first kappa shape index (κ1) is 17.6. The first-order chi connectivity index (χ1) is 9.61. The summed E-state index contributed by atoms with van der Waals surface area (Å²) in [6, 6.07) is 0. The third kappa shape index (κ3) is 3.82. The predicted molar refractivity (Wildman–Crippen MR) is 78.6 cm³/mol. The van der Waals surface area contributed by atoms with E-state index in [-0.39, 0.29) is 17.4 Å². The van der Waals surface area contributed by atoms with Gasteiger partial charge in [0.05, 0.1) is 11.4 Å². The molecule has 1 N–H and O–H groups in total. The maximum absolute atomic E-state index is 12.6. The summed E-state index contributed by atoms with van der Waals surface area (Å²) in [5.74, 6) is -0.808. The van der Waals surface area contributed by atoms with Gasteiger partial charge in [-0.25, -0.2) is 12.7 Å². The molecule has 0 aliphatic rings. The molecule has 1 rings (SSSR count). The Morgan fingerprint density at radius 1 is 1.43 bits per heavy atom. The minimum absolute atomic E-state index is 0.106. The van der Waals surface area contributed by atoms with E-state index in [4.69, 9.17) is 5.11 Å². The fourth-order valence-electron chi connectivity index (χ4n) is 2.16. The molecular formula is C13H23N3O4S. The van der Waals surface area contributed by atoms with Crippen LogP contribution < -0.4 is 0 Å². The average molecular weight is 317 g/mol. The third-order valence-electron chi connectivity index (χ3n) is 3.53. The van der Waals surface area contributed by atoms with Gasteiger partial charge in [0.15, 0.2) is 0 Å². The van der Waals surface area contributed by atoms with Crippen molar-refractivity contribution in [2.24, 2.45) is 5.92 Å². The Bertz CT molecular complexity index is 622. The summed E-state index contributed by atoms with van der Waals surface area (Å²) < 4.78 is 27.8. The molecule has 0 amide bonds. The Hall–Kier alpha value is -1.41. The number of hydrogen-bond acceptors (Lipinski definition) is 4. The van der Waals surface area contributed by atoms with Crippen molar-refractivity contribution >= 4 is 16.0 Å². The first-order valence-electron chi connectivity index (χ1n) is 6.83. The fourth-order valence-corrected chi connectivity index (χ4v) is 3.81. The number of nitrogens with zero attached hydrogens (tertiary/aromatic N) is 3. The molecule has 0 radical (unpaired) electrons. The summed E-state index contributed by atoms with van der Waals surface area (Å²) in [4.78, 5) is 10.9. The van der Waals surface area contributed by atoms with Crippen molar-refractivity contribution in [3.8, 4) is 0 Å². The molecule has 8 heteroatoms. The molecule has 1 aromatic heterocycles. The first-order valence-corrected chi connectivity index (χ1v) is 8.27. The van der Waals surface area contributed by atoms with Crippen LogP contribution in [0.4, 0.5) is 0 Å². The summed E-state index contributed by atoms with van der Waals surface area (Å²) in [5, 5.41) is 12.9. The minimum atomic E-state index is -3.66. The maximum Gasteiger partial charge on any atom is 0.325 e. The molecular weight excluding hydrogens is 294 g/mol. The molecule has 120 valence electrons. The molecule has 0 aliphatic carbocycles. The van der Waals surface area contributed by atoms with E-state index in [1.54, 1.807) is 13.8 Å². The van der Waals surface area contributed by atoms with E-state index in [2.05, 4.69) is 5.10 Å². The number of aliphatic carboxylic acids is 1. The fraction of sp³-hybridized carbons (Fsp3) is 0.692. The van der Waals surface area contributed by atoms with Gasteiger partial charge in [0.2, 0.25) is 10.0 Å². The normalized spacial score (nSPS) is 13.6. The monoisotopic (exact) mass is 317 g/mol. The minimum Gasteiger partial charge on any atom is -0.480 e. The Balaban J connectivity index is 3.20. The van der Waals surface area contributed by atoms with E-state index in [0.717, 1.165) is 6.42 Å². The van der Waals surface area contributed by atoms with Crippen LogP contribution in [0.2, 0.25) is 0 Å². The van der Waals surface area contributed by atoms with Crippen molar-refractivity contribution in [3.05, 3.63) is 11.4 Å². The van der Waals surface area contributed by atoms with Crippen molar-refractivity contribution in [1.82, 2.24) is 14.1 Å². The summed E-state index contributed by atoms with van der Waals surface area (Å²) in [6.45, 7) is 7.22. The van der Waals surface area contributed by atoms with E-state index in [0.29, 0.717) is 17.9 Å². The van der Waals surface area contributed by atoms with Crippen LogP contribution in [0.15, 0.2) is 4.90 Å². The van der Waals surface area contributed by atoms with Gasteiger partial charge >= 0.3 is 5.97 Å². The third-order valence-corrected chi connectivity index (χ3v) is 5.61. The summed E-state index contributed by atoms with van der Waals surface area (Å²) in [7, 11) is -2.13. The van der Waals surface area contributed by atoms with Crippen molar-refractivity contribution in [3.63, 3.8) is 0 Å². The van der Waals surface area contributed by atoms with Crippen LogP contribution in [0, 0.1) is 19.8 Å². The van der Waals surface area contributed by atoms with E-state index >= 15 is 0 Å². The second kappa shape index (κ2) is 6.57. The number of aromatic nitrogens is 2. The van der Waals surface area contributed by atoms with Crippen molar-refractivity contribution in [2.45, 2.75) is 45.6 Å². The molecule has 0 aliphatic heterocycles. The second-order valence-electron chi connectivity index (χ2n) is 5.35. The lowest BCUT2D eigenvalue weighted by Crippen LogP contribution is -2.31. The van der Waals surface area contributed by atoms with E-state index in [1.165, 1.54) is 16.0 Å². The number of aryl methyl sites for hydroxylation is 1. The Kier molecular flexibility index (Phi) is 5.52. The maximum atomic E-state index is 12.6. The molecule has 21 heavy (non-hydrogen) atoms. The van der Waals surface area contributed by atoms with Crippen LogP contribution in [0.3, 0.4) is 0 Å². The lowest BCUT2D eigenvalue weighted by atomic mass is 10.1. The number of carboxylic acids is 1. The number of carboxylic acid groups (broad SMARTS) is 1. The topological polar surface area (TPSA) is 92.5 Å². The van der Waals surface area contributed by atoms with Gasteiger partial charge in [0.1, 0.15) is 11.4 Å². The summed E-state index contributed by atoms with van der Waals surface area (Å²) in [5.41, 5.74) is 0.677. The molecule has 1 heterocycles. The number of hydrogen-bond donors (Lipinski definition) is 1. The van der Waals surface area contributed by atoms with Crippen molar-refractivity contribution < 1.29 is 18.3 Å². The molecule has 0 fully saturated rings. The van der Waals surface area contributed by atoms with Gasteiger partial charge in [-0.1, -0.05) is 20.3 Å². The smallest absolute Gasteiger partial charge is 0.325 e. The second-order valence-corrected chi connectivity index (χ2v) is 7.33. The molecule has 0 spiro atoms. The molecule has 1 unspecified atom stereocenters. The lowest BCUT2D eigenvalue weighted by Gasteiger charge is -2.20. The highest BCUT2D eigenvalue weighted by Gasteiger charge is 2.29. The van der Waals surface area contributed by atoms with Gasteiger partial charge in [-0.3, -0.25) is 9.48 Å². The molecule has 1 aromatic rings. The van der Waals surface area contributed by atoms with Gasteiger partial charge in [0, 0.05) is 13.6 Å². The molecule has 7 nitrogen and oxygen atoms in total. The Morgan fingerprint density at radius 3 is 2.48 bits per heavy atom. The number of rotatable bonds is 7. The zero-order valence-electron chi connectivity index (χ0n) is 13.1. The van der Waals surface area contributed by atoms with E-state index in [9.17, 15) is 13.2 Å². The highest BCUT2D eigenvalue weighted by atomic mass is 32.2. The number of sulfonamides is 1. The van der Waals surface area contributed by atoms with Crippen LogP contribution in [0.25, 0.3) is 0 Å². The van der Waals surface area contributed by atoms with Crippen LogP contribution in [-0.2, 0) is 21.4 Å². The summed E-state index contributed by atoms with van der Waals surface area (Å²) >= 11 is 0. The SMILES string of the molecule is CCC(C)CN(C)S(=O)(=O)c1c(C)nn(CC(=O)O)c1C. The summed E-state index contributed by atoms with van der Waals surface area (Å²) in [6.07, 6.45) is 0.885. The van der Waals surface area contributed by atoms with Gasteiger partial charge in [-0.05, 0) is 19.8 Å². The van der Waals surface area contributed by atoms with Crippen LogP contribution >= 0.6 is 0 Å². The largest absolute Gasteiger partial charge is 0.480 e. The van der Waals surface area contributed by atoms with Crippen LogP contribution in [0.1, 0.15) is 31.7 Å². The molecule has 1 atom stereocenters. The van der Waals surface area contributed by atoms with Gasteiger partial charge in [0.25, 0.3) is 0 Å². The lowest BCUT2D eigenvalue weighted by molar-refractivity contribution is -0.137. The van der Waals surface area contributed by atoms with Crippen LogP contribution in [-0.4, -0.2) is 47.2 Å². The van der Waals surface area contributed by atoms with Gasteiger partial charge in [-0.15, -0.1) is 0 Å².